The van der Waals surface area contributed by atoms with Gasteiger partial charge < -0.3 is 5.11 Å². The van der Waals surface area contributed by atoms with Gasteiger partial charge in [0.1, 0.15) is 6.33 Å². The van der Waals surface area contributed by atoms with Crippen molar-refractivity contribution >= 4 is 27.5 Å². The van der Waals surface area contributed by atoms with Crippen molar-refractivity contribution in [2.75, 3.05) is 0 Å². The minimum Gasteiger partial charge on any atom is -0.477 e. The predicted octanol–water partition coefficient (Wildman–Crippen LogP) is 1.19. The number of hydrogen-bond donors (Lipinski definition) is 1. The number of fused-ring (bicyclic) bond motifs is 1. The van der Waals surface area contributed by atoms with Crippen LogP contribution in [0.25, 0.3) is 5.65 Å². The first-order valence-corrected chi connectivity index (χ1v) is 4.20. The van der Waals surface area contributed by atoms with E-state index in [0.717, 1.165) is 0 Å². The van der Waals surface area contributed by atoms with Crippen LogP contribution in [-0.4, -0.2) is 25.7 Å². The number of hydrogen-bond acceptors (Lipinski definition) is 3. The highest BCUT2D eigenvalue weighted by Gasteiger charge is 2.10. The summed E-state index contributed by atoms with van der Waals surface area (Å²) in [4.78, 5) is 14.6. The number of carbonyl (C=O) groups is 1. The van der Waals surface area contributed by atoms with E-state index in [1.807, 2.05) is 0 Å². The summed E-state index contributed by atoms with van der Waals surface area (Å²) in [6, 6.07) is 3.17. The molecule has 0 spiro atoms. The first kappa shape index (κ1) is 8.18. The lowest BCUT2D eigenvalue weighted by molar-refractivity contribution is 0.0687. The topological polar surface area (TPSA) is 67.5 Å². The molecule has 2 rings (SSSR count). The van der Waals surface area contributed by atoms with Gasteiger partial charge in [-0.3, -0.25) is 0 Å². The van der Waals surface area contributed by atoms with Crippen LogP contribution in [0.4, 0.5) is 0 Å². The Morgan fingerprint density at radius 1 is 1.54 bits per heavy atom. The second-order valence-electron chi connectivity index (χ2n) is 2.39. The van der Waals surface area contributed by atoms with Crippen LogP contribution >= 0.6 is 15.9 Å². The van der Waals surface area contributed by atoms with Gasteiger partial charge >= 0.3 is 5.97 Å². The van der Waals surface area contributed by atoms with Crippen molar-refractivity contribution in [1.82, 2.24) is 14.6 Å². The van der Waals surface area contributed by atoms with Gasteiger partial charge in [-0.1, -0.05) is 15.9 Å². The van der Waals surface area contributed by atoms with Gasteiger partial charge in [-0.25, -0.2) is 14.3 Å². The van der Waals surface area contributed by atoms with Crippen LogP contribution in [0.5, 0.6) is 0 Å². The van der Waals surface area contributed by atoms with Gasteiger partial charge in [0.05, 0.1) is 0 Å². The second kappa shape index (κ2) is 2.81. The molecule has 2 aromatic heterocycles. The Hall–Kier alpha value is -1.43. The van der Waals surface area contributed by atoms with E-state index >= 15 is 0 Å². The smallest absolute Gasteiger partial charge is 0.354 e. The number of carboxylic acid groups (broad SMARTS) is 1. The molecule has 2 heterocycles. The van der Waals surface area contributed by atoms with Gasteiger partial charge in [0.15, 0.2) is 11.3 Å². The van der Waals surface area contributed by atoms with E-state index in [-0.39, 0.29) is 5.69 Å². The number of pyridine rings is 1. The van der Waals surface area contributed by atoms with Crippen molar-refractivity contribution in [3.8, 4) is 0 Å². The number of halogens is 1. The molecule has 0 aromatic carbocycles. The first-order chi connectivity index (χ1) is 6.18. The number of aromatic carboxylic acids is 1. The lowest BCUT2D eigenvalue weighted by Crippen LogP contribution is -2.05. The largest absolute Gasteiger partial charge is 0.477 e. The Bertz CT molecular complexity index is 480. The van der Waals surface area contributed by atoms with Gasteiger partial charge in [-0.15, -0.1) is 0 Å². The average Bonchev–Trinajstić information content (AvgIpc) is 2.49. The highest BCUT2D eigenvalue weighted by molar-refractivity contribution is 9.10. The molecular weight excluding hydrogens is 238 g/mol. The standard InChI is InChI=1S/C7H4BrN3O2/c8-4-1-5(7(12)13)11-6(2-4)9-3-10-11/h1-3H,(H,12,13). The summed E-state index contributed by atoms with van der Waals surface area (Å²) in [6.07, 6.45) is 1.31. The molecule has 6 heteroatoms. The summed E-state index contributed by atoms with van der Waals surface area (Å²) in [5.41, 5.74) is 0.591. The third-order valence-electron chi connectivity index (χ3n) is 1.56. The fourth-order valence-electron chi connectivity index (χ4n) is 1.04. The summed E-state index contributed by atoms with van der Waals surface area (Å²) in [7, 11) is 0. The zero-order valence-electron chi connectivity index (χ0n) is 6.31. The molecule has 0 aliphatic carbocycles. The predicted molar refractivity (Wildman–Crippen MR) is 47.6 cm³/mol. The van der Waals surface area contributed by atoms with E-state index in [9.17, 15) is 4.79 Å². The molecule has 0 aliphatic rings. The highest BCUT2D eigenvalue weighted by atomic mass is 79.9. The molecule has 0 saturated heterocycles. The van der Waals surface area contributed by atoms with Crippen LogP contribution in [0.2, 0.25) is 0 Å². The normalized spacial score (nSPS) is 10.5. The molecular formula is C7H4BrN3O2. The molecule has 5 nitrogen and oxygen atoms in total. The molecule has 66 valence electrons. The number of carboxylic acids is 1. The second-order valence-corrected chi connectivity index (χ2v) is 3.31. The van der Waals surface area contributed by atoms with Crippen LogP contribution in [0.15, 0.2) is 22.9 Å². The van der Waals surface area contributed by atoms with Gasteiger partial charge in [0, 0.05) is 4.47 Å². The van der Waals surface area contributed by atoms with Gasteiger partial charge in [-0.2, -0.15) is 5.10 Å². The maximum Gasteiger partial charge on any atom is 0.354 e. The summed E-state index contributed by atoms with van der Waals surface area (Å²) < 4.78 is 1.94. The fourth-order valence-corrected chi connectivity index (χ4v) is 1.47. The molecule has 2 aromatic rings. The Morgan fingerprint density at radius 3 is 3.00 bits per heavy atom. The summed E-state index contributed by atoms with van der Waals surface area (Å²) >= 11 is 3.19. The van der Waals surface area contributed by atoms with Crippen molar-refractivity contribution in [1.29, 1.82) is 0 Å². The van der Waals surface area contributed by atoms with Crippen molar-refractivity contribution in [3.63, 3.8) is 0 Å². The molecule has 0 atom stereocenters. The Balaban J connectivity index is 2.84. The zero-order valence-corrected chi connectivity index (χ0v) is 7.89. The van der Waals surface area contributed by atoms with E-state index in [4.69, 9.17) is 5.11 Å². The van der Waals surface area contributed by atoms with E-state index in [1.54, 1.807) is 6.07 Å². The zero-order chi connectivity index (χ0) is 9.42. The lowest BCUT2D eigenvalue weighted by atomic mass is 10.3. The quantitative estimate of drug-likeness (QED) is 0.815. The van der Waals surface area contributed by atoms with Crippen LogP contribution in [0.1, 0.15) is 10.5 Å². The molecule has 0 unspecified atom stereocenters. The third kappa shape index (κ3) is 1.29. The molecule has 0 fully saturated rings. The number of nitrogens with zero attached hydrogens (tertiary/aromatic N) is 3. The molecule has 0 saturated carbocycles. The molecule has 1 N–H and O–H groups in total. The fraction of sp³-hybridized carbons (Fsp3) is 0. The molecule has 0 aliphatic heterocycles. The average molecular weight is 242 g/mol. The summed E-state index contributed by atoms with van der Waals surface area (Å²) in [5.74, 6) is -1.03. The van der Waals surface area contributed by atoms with Gasteiger partial charge in [-0.05, 0) is 12.1 Å². The minimum atomic E-state index is -1.03. The summed E-state index contributed by atoms with van der Waals surface area (Å²) in [6.45, 7) is 0. The van der Waals surface area contributed by atoms with E-state index in [0.29, 0.717) is 10.1 Å². The van der Waals surface area contributed by atoms with Crippen molar-refractivity contribution in [2.24, 2.45) is 0 Å². The van der Waals surface area contributed by atoms with Gasteiger partial charge in [0.2, 0.25) is 0 Å². The van der Waals surface area contributed by atoms with Crippen molar-refractivity contribution in [3.05, 3.63) is 28.6 Å². The molecule has 13 heavy (non-hydrogen) atoms. The monoisotopic (exact) mass is 241 g/mol. The Morgan fingerprint density at radius 2 is 2.31 bits per heavy atom. The van der Waals surface area contributed by atoms with Crippen molar-refractivity contribution < 1.29 is 9.90 Å². The highest BCUT2D eigenvalue weighted by Crippen LogP contribution is 2.14. The number of aromatic nitrogens is 3. The van der Waals surface area contributed by atoms with Crippen LogP contribution in [-0.2, 0) is 0 Å². The van der Waals surface area contributed by atoms with Crippen LogP contribution in [0.3, 0.4) is 0 Å². The first-order valence-electron chi connectivity index (χ1n) is 3.41. The molecule has 0 bridgehead atoms. The lowest BCUT2D eigenvalue weighted by Gasteiger charge is -1.98. The minimum absolute atomic E-state index is 0.0851. The summed E-state index contributed by atoms with van der Waals surface area (Å²) in [5, 5.41) is 12.6. The van der Waals surface area contributed by atoms with E-state index in [1.165, 1.54) is 16.9 Å². The Kier molecular flexibility index (Phi) is 1.77. The molecule has 0 radical (unpaired) electrons. The van der Waals surface area contributed by atoms with E-state index < -0.39 is 5.97 Å². The van der Waals surface area contributed by atoms with Crippen LogP contribution < -0.4 is 0 Å². The SMILES string of the molecule is O=C(O)c1cc(Br)cc2ncnn12. The van der Waals surface area contributed by atoms with Crippen molar-refractivity contribution in [2.45, 2.75) is 0 Å². The van der Waals surface area contributed by atoms with Crippen LogP contribution in [0, 0.1) is 0 Å². The molecule has 0 amide bonds. The maximum atomic E-state index is 10.8. The third-order valence-corrected chi connectivity index (χ3v) is 2.02. The van der Waals surface area contributed by atoms with E-state index in [2.05, 4.69) is 26.0 Å². The Labute approximate surface area is 81.1 Å². The maximum absolute atomic E-state index is 10.8. The number of rotatable bonds is 1. The van der Waals surface area contributed by atoms with Gasteiger partial charge in [0.25, 0.3) is 0 Å².